The van der Waals surface area contributed by atoms with Crippen molar-refractivity contribution in [2.24, 2.45) is 5.92 Å². The van der Waals surface area contributed by atoms with Gasteiger partial charge in [0.25, 0.3) is 0 Å². The van der Waals surface area contributed by atoms with Gasteiger partial charge in [-0.15, -0.1) is 0 Å². The minimum atomic E-state index is -0.759. The monoisotopic (exact) mass is 224 g/mol. The van der Waals surface area contributed by atoms with Gasteiger partial charge in [0.05, 0.1) is 5.92 Å². The molecule has 1 atom stereocenters. The Hall–Kier alpha value is -1.55. The van der Waals surface area contributed by atoms with E-state index in [1.54, 1.807) is 0 Å². The number of carbonyl (C=O) groups is 2. The highest BCUT2D eigenvalue weighted by atomic mass is 19.1. The Kier molecular flexibility index (Phi) is 4.31. The quantitative estimate of drug-likeness (QED) is 0.566. The Bertz CT molecular complexity index is 384. The summed E-state index contributed by atoms with van der Waals surface area (Å²) in [6.45, 7) is 1.43. The van der Waals surface area contributed by atoms with Crippen LogP contribution in [-0.2, 0) is 9.53 Å². The molecule has 0 aromatic heterocycles. The van der Waals surface area contributed by atoms with Gasteiger partial charge >= 0.3 is 0 Å². The fourth-order valence-corrected chi connectivity index (χ4v) is 1.28. The molecule has 0 aliphatic rings. The molecular formula is C12H13FO3. The van der Waals surface area contributed by atoms with Crippen molar-refractivity contribution in [3.05, 3.63) is 35.6 Å². The first kappa shape index (κ1) is 12.5. The molecule has 1 aromatic carbocycles. The van der Waals surface area contributed by atoms with E-state index in [0.29, 0.717) is 5.56 Å². The summed E-state index contributed by atoms with van der Waals surface area (Å²) in [5.41, 5.74) is 0.332. The number of halogens is 1. The van der Waals surface area contributed by atoms with E-state index in [-0.39, 0.29) is 18.2 Å². The lowest BCUT2D eigenvalue weighted by Crippen LogP contribution is -2.24. The zero-order valence-electron chi connectivity index (χ0n) is 9.20. The lowest BCUT2D eigenvalue weighted by molar-refractivity contribution is -0.124. The van der Waals surface area contributed by atoms with Crippen LogP contribution in [0.5, 0.6) is 0 Å². The number of Topliss-reactive ketones (excluding diaryl/α,β-unsaturated/α-hetero) is 2. The average molecular weight is 224 g/mol. The number of ketones is 2. The highest BCUT2D eigenvalue weighted by molar-refractivity contribution is 6.10. The lowest BCUT2D eigenvalue weighted by atomic mass is 9.96. The Morgan fingerprint density at radius 1 is 1.31 bits per heavy atom. The summed E-state index contributed by atoms with van der Waals surface area (Å²) in [5.74, 6) is -1.77. The topological polar surface area (TPSA) is 43.4 Å². The molecule has 1 aromatic rings. The zero-order chi connectivity index (χ0) is 12.1. The van der Waals surface area contributed by atoms with Crippen molar-refractivity contribution in [3.63, 3.8) is 0 Å². The molecule has 0 amide bonds. The van der Waals surface area contributed by atoms with Gasteiger partial charge in [-0.2, -0.15) is 0 Å². The third-order valence-electron chi connectivity index (χ3n) is 2.29. The summed E-state index contributed by atoms with van der Waals surface area (Å²) < 4.78 is 17.3. The summed E-state index contributed by atoms with van der Waals surface area (Å²) >= 11 is 0. The van der Waals surface area contributed by atoms with Crippen molar-refractivity contribution in [2.75, 3.05) is 13.7 Å². The van der Waals surface area contributed by atoms with Gasteiger partial charge < -0.3 is 4.74 Å². The van der Waals surface area contributed by atoms with Crippen molar-refractivity contribution < 1.29 is 18.7 Å². The first-order chi connectivity index (χ1) is 7.56. The number of carbonyl (C=O) groups excluding carboxylic acids is 2. The van der Waals surface area contributed by atoms with Crippen molar-refractivity contribution in [2.45, 2.75) is 6.92 Å². The summed E-state index contributed by atoms with van der Waals surface area (Å²) in [5, 5.41) is 0. The number of benzene rings is 1. The van der Waals surface area contributed by atoms with Crippen LogP contribution < -0.4 is 0 Å². The van der Waals surface area contributed by atoms with E-state index in [4.69, 9.17) is 0 Å². The average Bonchev–Trinajstić information content (AvgIpc) is 2.28. The molecular weight excluding hydrogens is 211 g/mol. The predicted octanol–water partition coefficient (Wildman–Crippen LogP) is 1.86. The number of hydrogen-bond acceptors (Lipinski definition) is 3. The number of methoxy groups -OCH3 is 1. The number of hydrogen-bond donors (Lipinski definition) is 0. The van der Waals surface area contributed by atoms with Gasteiger partial charge in [0.15, 0.2) is 11.6 Å². The first-order valence-corrected chi connectivity index (χ1v) is 4.87. The molecule has 0 N–H and O–H groups in total. The normalized spacial score (nSPS) is 12.2. The molecule has 86 valence electrons. The molecule has 0 heterocycles. The van der Waals surface area contributed by atoms with Gasteiger partial charge in [0.2, 0.25) is 0 Å². The van der Waals surface area contributed by atoms with Gasteiger partial charge in [-0.05, 0) is 31.2 Å². The largest absolute Gasteiger partial charge is 0.377 e. The number of ether oxygens (including phenoxy) is 1. The Balaban J connectivity index is 2.78. The molecule has 1 unspecified atom stereocenters. The molecule has 0 fully saturated rings. The molecule has 0 saturated carbocycles. The van der Waals surface area contributed by atoms with E-state index in [2.05, 4.69) is 4.74 Å². The molecule has 0 bridgehead atoms. The van der Waals surface area contributed by atoms with Crippen LogP contribution in [0.2, 0.25) is 0 Å². The lowest BCUT2D eigenvalue weighted by Gasteiger charge is -2.08. The first-order valence-electron chi connectivity index (χ1n) is 4.87. The molecule has 0 spiro atoms. The molecule has 0 aliphatic carbocycles. The van der Waals surface area contributed by atoms with Crippen LogP contribution in [0.15, 0.2) is 24.3 Å². The van der Waals surface area contributed by atoms with E-state index < -0.39 is 11.7 Å². The Labute approximate surface area is 93.2 Å². The minimum Gasteiger partial charge on any atom is -0.377 e. The van der Waals surface area contributed by atoms with Gasteiger partial charge in [-0.25, -0.2) is 4.39 Å². The molecule has 3 nitrogen and oxygen atoms in total. The minimum absolute atomic E-state index is 0.0892. The van der Waals surface area contributed by atoms with Crippen LogP contribution in [0.1, 0.15) is 17.3 Å². The maximum absolute atomic E-state index is 12.6. The van der Waals surface area contributed by atoms with Crippen molar-refractivity contribution in [1.82, 2.24) is 0 Å². The molecule has 4 heteroatoms. The van der Waals surface area contributed by atoms with E-state index in [9.17, 15) is 14.0 Å². The maximum atomic E-state index is 12.6. The maximum Gasteiger partial charge on any atom is 0.173 e. The van der Waals surface area contributed by atoms with E-state index in [1.807, 2.05) is 0 Å². The Morgan fingerprint density at radius 3 is 2.38 bits per heavy atom. The van der Waals surface area contributed by atoms with Gasteiger partial charge in [0, 0.05) is 12.7 Å². The van der Waals surface area contributed by atoms with Crippen molar-refractivity contribution in [3.8, 4) is 0 Å². The molecule has 0 radical (unpaired) electrons. The zero-order valence-corrected chi connectivity index (χ0v) is 9.20. The van der Waals surface area contributed by atoms with Crippen molar-refractivity contribution >= 4 is 11.6 Å². The van der Waals surface area contributed by atoms with Crippen LogP contribution in [0.4, 0.5) is 4.39 Å². The van der Waals surface area contributed by atoms with Crippen LogP contribution in [0.3, 0.4) is 0 Å². The summed E-state index contributed by atoms with van der Waals surface area (Å²) in [4.78, 5) is 23.2. The second-order valence-corrected chi connectivity index (χ2v) is 3.49. The van der Waals surface area contributed by atoms with Crippen LogP contribution >= 0.6 is 0 Å². The molecule has 0 saturated heterocycles. The highest BCUT2D eigenvalue weighted by Gasteiger charge is 2.22. The van der Waals surface area contributed by atoms with Gasteiger partial charge in [0.1, 0.15) is 12.4 Å². The van der Waals surface area contributed by atoms with Crippen LogP contribution in [-0.4, -0.2) is 25.3 Å². The van der Waals surface area contributed by atoms with E-state index in [1.165, 1.54) is 38.3 Å². The predicted molar refractivity (Wildman–Crippen MR) is 56.8 cm³/mol. The third-order valence-corrected chi connectivity index (χ3v) is 2.29. The smallest absolute Gasteiger partial charge is 0.173 e. The van der Waals surface area contributed by atoms with Crippen LogP contribution in [0, 0.1) is 11.7 Å². The van der Waals surface area contributed by atoms with E-state index in [0.717, 1.165) is 0 Å². The van der Waals surface area contributed by atoms with Crippen molar-refractivity contribution in [1.29, 1.82) is 0 Å². The fraction of sp³-hybridized carbons (Fsp3) is 0.333. The second-order valence-electron chi connectivity index (χ2n) is 3.49. The van der Waals surface area contributed by atoms with E-state index >= 15 is 0 Å². The fourth-order valence-electron chi connectivity index (χ4n) is 1.28. The molecule has 1 rings (SSSR count). The molecule has 0 aliphatic heterocycles. The summed E-state index contributed by atoms with van der Waals surface area (Å²) in [7, 11) is 1.40. The Morgan fingerprint density at radius 2 is 1.88 bits per heavy atom. The third kappa shape index (κ3) is 2.97. The standard InChI is InChI=1S/C12H13FO3/c1-8(11(14)7-16-2)12(15)9-3-5-10(13)6-4-9/h3-6,8H,7H2,1-2H3. The summed E-state index contributed by atoms with van der Waals surface area (Å²) in [6.07, 6.45) is 0. The van der Waals surface area contributed by atoms with Gasteiger partial charge in [-0.3, -0.25) is 9.59 Å². The molecule has 16 heavy (non-hydrogen) atoms. The van der Waals surface area contributed by atoms with Gasteiger partial charge in [-0.1, -0.05) is 0 Å². The van der Waals surface area contributed by atoms with Crippen LogP contribution in [0.25, 0.3) is 0 Å². The SMILES string of the molecule is COCC(=O)C(C)C(=O)c1ccc(F)cc1. The summed E-state index contributed by atoms with van der Waals surface area (Å²) in [6, 6.07) is 5.13. The number of rotatable bonds is 5. The second kappa shape index (κ2) is 5.51. The highest BCUT2D eigenvalue weighted by Crippen LogP contribution is 2.11.